The maximum absolute atomic E-state index is 14.1. The lowest BCUT2D eigenvalue weighted by atomic mass is 10.0. The maximum atomic E-state index is 14.1. The molecule has 2 fully saturated rings. The Morgan fingerprint density at radius 3 is 2.65 bits per heavy atom. The number of ether oxygens (including phenoxy) is 2. The van der Waals surface area contributed by atoms with Crippen molar-refractivity contribution in [3.05, 3.63) is 22.7 Å². The lowest BCUT2D eigenvalue weighted by Crippen LogP contribution is -2.56. The van der Waals surface area contributed by atoms with Crippen molar-refractivity contribution in [2.24, 2.45) is 5.92 Å². The number of aliphatic carboxylic acids is 1. The van der Waals surface area contributed by atoms with Crippen molar-refractivity contribution in [3.63, 3.8) is 0 Å². The molecule has 0 radical (unpaired) electrons. The zero-order valence-corrected chi connectivity index (χ0v) is 28.5. The van der Waals surface area contributed by atoms with Gasteiger partial charge in [0.05, 0.1) is 18.8 Å². The molecule has 1 saturated heterocycles. The van der Waals surface area contributed by atoms with Gasteiger partial charge in [0.1, 0.15) is 29.3 Å². The van der Waals surface area contributed by atoms with Gasteiger partial charge in [-0.25, -0.2) is 19.4 Å². The molecule has 5 atom stereocenters. The number of alkyl carbamates (subject to hydrolysis) is 1. The van der Waals surface area contributed by atoms with Crippen LogP contribution >= 0.6 is 11.3 Å². The fourth-order valence-electron chi connectivity index (χ4n) is 6.37. The van der Waals surface area contributed by atoms with Gasteiger partial charge in [-0.05, 0) is 46.5 Å². The predicted molar refractivity (Wildman–Crippen MR) is 173 cm³/mol. The molecule has 1 aromatic heterocycles. The summed E-state index contributed by atoms with van der Waals surface area (Å²) in [7, 11) is 0. The minimum Gasteiger partial charge on any atom is -0.479 e. The molecule has 0 unspecified atom stereocenters. The number of carboxylic acids is 1. The first-order valence-electron chi connectivity index (χ1n) is 16.4. The highest BCUT2D eigenvalue weighted by Gasteiger charge is 2.61. The summed E-state index contributed by atoms with van der Waals surface area (Å²) in [5.41, 5.74) is -1.49. The average Bonchev–Trinajstić information content (AvgIpc) is 3.30. The molecule has 16 heteroatoms. The monoisotopic (exact) mass is 688 g/mol. The van der Waals surface area contributed by atoms with Crippen LogP contribution in [0.1, 0.15) is 83.2 Å². The summed E-state index contributed by atoms with van der Waals surface area (Å²) in [4.78, 5) is 85.9. The molecular formula is C32H44N6O9S. The predicted octanol–water partition coefficient (Wildman–Crippen LogP) is 2.94. The largest absolute Gasteiger partial charge is 0.479 e. The third-order valence-electron chi connectivity index (χ3n) is 8.85. The Morgan fingerprint density at radius 1 is 1.17 bits per heavy atom. The number of anilines is 1. The van der Waals surface area contributed by atoms with Crippen LogP contribution in [0.25, 0.3) is 0 Å². The van der Waals surface area contributed by atoms with E-state index >= 15 is 0 Å². The normalized spacial score (nSPS) is 27.7. The summed E-state index contributed by atoms with van der Waals surface area (Å²) in [6.07, 6.45) is 5.33. The van der Waals surface area contributed by atoms with Gasteiger partial charge < -0.3 is 40.3 Å². The van der Waals surface area contributed by atoms with Gasteiger partial charge in [-0.1, -0.05) is 36.3 Å². The molecule has 4 N–H and O–H groups in total. The molecule has 1 aliphatic carbocycles. The van der Waals surface area contributed by atoms with Crippen LogP contribution in [0.15, 0.2) is 12.2 Å². The van der Waals surface area contributed by atoms with E-state index in [0.717, 1.165) is 29.8 Å². The first kappa shape index (κ1) is 35.1. The highest BCUT2D eigenvalue weighted by atomic mass is 32.1. The fraction of sp³-hybridized carbons (Fsp3) is 0.656. The van der Waals surface area contributed by atoms with E-state index in [1.807, 2.05) is 12.2 Å². The number of carbonyl (C=O) groups is 6. The number of carboxylic acid groups (broad SMARTS) is 1. The molecule has 1 aromatic rings. The summed E-state index contributed by atoms with van der Waals surface area (Å²) in [6.45, 7) is 6.95. The minimum absolute atomic E-state index is 0.0506. The van der Waals surface area contributed by atoms with E-state index in [2.05, 4.69) is 20.9 Å². The van der Waals surface area contributed by atoms with E-state index in [9.17, 15) is 33.9 Å². The summed E-state index contributed by atoms with van der Waals surface area (Å²) < 4.78 is 11.3. The quantitative estimate of drug-likeness (QED) is 0.342. The molecule has 48 heavy (non-hydrogen) atoms. The van der Waals surface area contributed by atoms with Gasteiger partial charge in [0.25, 0.3) is 0 Å². The highest BCUT2D eigenvalue weighted by Crippen LogP contribution is 2.45. The highest BCUT2D eigenvalue weighted by molar-refractivity contribution is 7.15. The Balaban J connectivity index is 1.35. The van der Waals surface area contributed by atoms with Crippen molar-refractivity contribution in [2.45, 2.75) is 115 Å². The van der Waals surface area contributed by atoms with Crippen LogP contribution in [0.5, 0.6) is 0 Å². The lowest BCUT2D eigenvalue weighted by Gasteiger charge is -2.30. The number of allylic oxidation sites excluding steroid dienone is 1. The number of thiazole rings is 1. The summed E-state index contributed by atoms with van der Waals surface area (Å²) in [5.74, 6) is -2.99. The zero-order chi connectivity index (χ0) is 34.8. The molecular weight excluding hydrogens is 644 g/mol. The third kappa shape index (κ3) is 8.25. The van der Waals surface area contributed by atoms with Gasteiger partial charge in [0, 0.05) is 37.1 Å². The molecule has 5 amide bonds. The van der Waals surface area contributed by atoms with E-state index in [0.29, 0.717) is 30.9 Å². The Kier molecular flexibility index (Phi) is 10.3. The standard InChI is InChI=1S/C32H44N6O9S/c1-18(39)33-28-34-21-12-13-37(17-24(21)48-28)30(45)46-20-14-23-25(40)36-32(27(42)43)15-19(32)10-8-6-5-7-9-11-22(26(41)38(23)16-20)35-29(44)47-31(2,3)4/h8,10,19-20,22-23H,5-7,9,11-17H2,1-4H3,(H,35,44)(H,36,40)(H,42,43)(H,33,34,39)/t19-,20-,22+,23+,32-/m1/s1. The second kappa shape index (κ2) is 14.1. The number of nitrogens with one attached hydrogen (secondary N) is 3. The SMILES string of the molecule is CC(=O)Nc1nc2c(s1)CN(C(=O)O[C@@H]1C[C@H]3C(=O)N[C@]4(C(=O)O)C[C@H]4C=CCCCCC[C@H](NC(=O)OC(C)(C)C)C(=O)N3C1)CC2. The molecule has 0 spiro atoms. The Labute approximate surface area is 282 Å². The first-order chi connectivity index (χ1) is 22.6. The third-order valence-corrected chi connectivity index (χ3v) is 9.85. The number of fused-ring (bicyclic) bond motifs is 3. The van der Waals surface area contributed by atoms with Crippen molar-refractivity contribution >= 4 is 52.3 Å². The number of aromatic nitrogens is 1. The van der Waals surface area contributed by atoms with Gasteiger partial charge in [0.15, 0.2) is 5.13 Å². The van der Waals surface area contributed by atoms with Crippen LogP contribution in [-0.2, 0) is 41.6 Å². The summed E-state index contributed by atoms with van der Waals surface area (Å²) in [5, 5.41) is 18.6. The first-order valence-corrected chi connectivity index (χ1v) is 17.2. The molecule has 4 aliphatic rings. The molecule has 1 saturated carbocycles. The van der Waals surface area contributed by atoms with Crippen molar-refractivity contribution in [1.29, 1.82) is 0 Å². The van der Waals surface area contributed by atoms with Gasteiger partial charge in [-0.3, -0.25) is 14.4 Å². The van der Waals surface area contributed by atoms with Crippen LogP contribution in [0.3, 0.4) is 0 Å². The van der Waals surface area contributed by atoms with Crippen molar-refractivity contribution in [1.82, 2.24) is 25.4 Å². The zero-order valence-electron chi connectivity index (χ0n) is 27.7. The van der Waals surface area contributed by atoms with Crippen molar-refractivity contribution in [2.75, 3.05) is 18.4 Å². The van der Waals surface area contributed by atoms with Gasteiger partial charge >= 0.3 is 18.2 Å². The van der Waals surface area contributed by atoms with Crippen LogP contribution in [-0.4, -0.2) is 98.2 Å². The fourth-order valence-corrected chi connectivity index (χ4v) is 7.44. The number of rotatable bonds is 4. The van der Waals surface area contributed by atoms with Gasteiger partial charge in [-0.15, -0.1) is 0 Å². The van der Waals surface area contributed by atoms with Crippen molar-refractivity contribution < 1.29 is 43.3 Å². The molecule has 0 bridgehead atoms. The topological polar surface area (TPSA) is 197 Å². The maximum Gasteiger partial charge on any atom is 0.410 e. The molecule has 4 heterocycles. The van der Waals surface area contributed by atoms with Crippen LogP contribution in [0.4, 0.5) is 14.7 Å². The second-order valence-electron chi connectivity index (χ2n) is 13.8. The van der Waals surface area contributed by atoms with E-state index in [1.54, 1.807) is 20.8 Å². The average molecular weight is 689 g/mol. The summed E-state index contributed by atoms with van der Waals surface area (Å²) >= 11 is 1.28. The smallest absolute Gasteiger partial charge is 0.410 e. The molecule has 262 valence electrons. The lowest BCUT2D eigenvalue weighted by molar-refractivity contribution is -0.145. The number of carbonyl (C=O) groups excluding carboxylic acids is 5. The minimum atomic E-state index is -1.48. The van der Waals surface area contributed by atoms with Crippen LogP contribution in [0, 0.1) is 5.92 Å². The Morgan fingerprint density at radius 2 is 1.94 bits per heavy atom. The molecule has 0 aromatic carbocycles. The number of hydrogen-bond donors (Lipinski definition) is 4. The Hall–Kier alpha value is -4.21. The van der Waals surface area contributed by atoms with E-state index in [1.165, 1.54) is 28.1 Å². The molecule has 5 rings (SSSR count). The van der Waals surface area contributed by atoms with E-state index in [-0.39, 0.29) is 37.8 Å². The number of hydrogen-bond acceptors (Lipinski definition) is 10. The van der Waals surface area contributed by atoms with Crippen LogP contribution in [0.2, 0.25) is 0 Å². The van der Waals surface area contributed by atoms with Gasteiger partial charge in [-0.2, -0.15) is 0 Å². The number of nitrogens with zero attached hydrogens (tertiary/aromatic N) is 3. The summed E-state index contributed by atoms with van der Waals surface area (Å²) in [6, 6.07) is -2.16. The number of amides is 5. The van der Waals surface area contributed by atoms with E-state index < -0.39 is 59.3 Å². The van der Waals surface area contributed by atoms with E-state index in [4.69, 9.17) is 9.47 Å². The van der Waals surface area contributed by atoms with Crippen LogP contribution < -0.4 is 16.0 Å². The Bertz CT molecular complexity index is 1490. The second-order valence-corrected chi connectivity index (χ2v) is 14.9. The van der Waals surface area contributed by atoms with Gasteiger partial charge in [0.2, 0.25) is 17.7 Å². The molecule has 3 aliphatic heterocycles. The molecule has 15 nitrogen and oxygen atoms in total. The van der Waals surface area contributed by atoms with Crippen molar-refractivity contribution in [3.8, 4) is 0 Å².